The fourth-order valence-corrected chi connectivity index (χ4v) is 7.84. The van der Waals surface area contributed by atoms with Gasteiger partial charge in [-0.2, -0.15) is 0 Å². The Bertz CT molecular complexity index is 1010. The van der Waals surface area contributed by atoms with Gasteiger partial charge in [0.15, 0.2) is 0 Å². The van der Waals surface area contributed by atoms with E-state index in [0.29, 0.717) is 23.8 Å². The summed E-state index contributed by atoms with van der Waals surface area (Å²) in [6.07, 6.45) is 13.2. The van der Waals surface area contributed by atoms with Gasteiger partial charge >= 0.3 is 0 Å². The Kier molecular flexibility index (Phi) is 6.00. The molecule has 3 fully saturated rings. The van der Waals surface area contributed by atoms with Gasteiger partial charge in [0.2, 0.25) is 5.91 Å². The molecule has 182 valence electrons. The van der Waals surface area contributed by atoms with Crippen molar-refractivity contribution >= 4 is 5.91 Å². The number of likely N-dealkylation sites (tertiary alicyclic amines) is 1. The summed E-state index contributed by atoms with van der Waals surface area (Å²) in [5.74, 6) is 2.80. The summed E-state index contributed by atoms with van der Waals surface area (Å²) in [6, 6.07) is 11.4. The number of aryl methyl sites for hydroxylation is 2. The van der Waals surface area contributed by atoms with Crippen molar-refractivity contribution < 1.29 is 4.79 Å². The van der Waals surface area contributed by atoms with E-state index in [9.17, 15) is 4.79 Å². The van der Waals surface area contributed by atoms with Gasteiger partial charge in [-0.05, 0) is 62.8 Å². The van der Waals surface area contributed by atoms with Crippen molar-refractivity contribution in [2.24, 2.45) is 11.8 Å². The standard InChI is InChI=1S/C29H40N4O/c1-21-19-32-15-8-14-29(28(32)31-21)20-30-18-25(29)27(34)33-16-13-24(22-9-4-2-5-10-22)17-26(33)23-11-6-3-7-12-23/h2,4-5,9-10,19,23-26,30H,3,6-8,11-18,20H2,1H3/t24-,25+,26+,29-/m1/s1. The molecule has 1 aromatic heterocycles. The SMILES string of the molecule is Cc1cn2c(n1)[C@]1(CCC2)CNC[C@H]1C(=O)N1CC[C@@H](c2ccccc2)C[C@H]1C1CCCCC1. The Hall–Kier alpha value is -2.14. The van der Waals surface area contributed by atoms with Crippen molar-refractivity contribution in [2.45, 2.75) is 88.6 Å². The zero-order valence-corrected chi connectivity index (χ0v) is 20.7. The second kappa shape index (κ2) is 9.14. The minimum absolute atomic E-state index is 0.00714. The number of nitrogens with zero attached hydrogens (tertiary/aromatic N) is 3. The molecule has 34 heavy (non-hydrogen) atoms. The minimum atomic E-state index is -0.142. The highest BCUT2D eigenvalue weighted by Gasteiger charge is 2.54. The van der Waals surface area contributed by atoms with Crippen LogP contribution in [0.3, 0.4) is 0 Å². The molecular formula is C29H40N4O. The Morgan fingerprint density at radius 2 is 1.88 bits per heavy atom. The number of hydrogen-bond acceptors (Lipinski definition) is 3. The summed E-state index contributed by atoms with van der Waals surface area (Å²) < 4.78 is 2.34. The molecular weight excluding hydrogens is 420 g/mol. The van der Waals surface area contributed by atoms with Crippen LogP contribution in [0.2, 0.25) is 0 Å². The fraction of sp³-hybridized carbons (Fsp3) is 0.655. The van der Waals surface area contributed by atoms with Crippen LogP contribution < -0.4 is 5.32 Å². The van der Waals surface area contributed by atoms with E-state index in [2.05, 4.69) is 58.2 Å². The van der Waals surface area contributed by atoms with Gasteiger partial charge in [-0.1, -0.05) is 49.6 Å². The van der Waals surface area contributed by atoms with Crippen LogP contribution in [0.15, 0.2) is 36.5 Å². The third-order valence-electron chi connectivity index (χ3n) is 9.51. The first kappa shape index (κ1) is 22.3. The Morgan fingerprint density at radius 3 is 2.71 bits per heavy atom. The average Bonchev–Trinajstić information content (AvgIpc) is 3.48. The van der Waals surface area contributed by atoms with Crippen LogP contribution in [-0.4, -0.2) is 46.0 Å². The summed E-state index contributed by atoms with van der Waals surface area (Å²) in [4.78, 5) is 21.8. The molecule has 1 N–H and O–H groups in total. The van der Waals surface area contributed by atoms with E-state index in [1.54, 1.807) is 0 Å². The van der Waals surface area contributed by atoms with Crippen LogP contribution in [-0.2, 0) is 16.8 Å². The smallest absolute Gasteiger partial charge is 0.228 e. The lowest BCUT2D eigenvalue weighted by atomic mass is 9.70. The minimum Gasteiger partial charge on any atom is -0.339 e. The van der Waals surface area contributed by atoms with Crippen LogP contribution in [0.1, 0.15) is 80.8 Å². The number of aromatic nitrogens is 2. The van der Waals surface area contributed by atoms with Crippen molar-refractivity contribution in [2.75, 3.05) is 19.6 Å². The fourth-order valence-electron chi connectivity index (χ4n) is 7.84. The van der Waals surface area contributed by atoms with Crippen molar-refractivity contribution in [1.29, 1.82) is 0 Å². The third-order valence-corrected chi connectivity index (χ3v) is 9.51. The van der Waals surface area contributed by atoms with Crippen LogP contribution in [0.4, 0.5) is 0 Å². The number of fused-ring (bicyclic) bond motifs is 2. The largest absolute Gasteiger partial charge is 0.339 e. The van der Waals surface area contributed by atoms with Gasteiger partial charge < -0.3 is 14.8 Å². The molecule has 0 unspecified atom stereocenters. The van der Waals surface area contributed by atoms with E-state index in [1.165, 1.54) is 37.7 Å². The molecule has 5 heteroatoms. The number of benzene rings is 1. The highest BCUT2D eigenvalue weighted by Crippen LogP contribution is 2.45. The predicted octanol–water partition coefficient (Wildman–Crippen LogP) is 4.80. The number of carbonyl (C=O) groups is 1. The van der Waals surface area contributed by atoms with E-state index in [-0.39, 0.29) is 11.3 Å². The molecule has 6 rings (SSSR count). The first-order chi connectivity index (χ1) is 16.7. The molecule has 1 aromatic carbocycles. The zero-order valence-electron chi connectivity index (χ0n) is 20.7. The summed E-state index contributed by atoms with van der Waals surface area (Å²) in [5.41, 5.74) is 2.40. The maximum absolute atomic E-state index is 14.4. The van der Waals surface area contributed by atoms with E-state index in [4.69, 9.17) is 4.98 Å². The average molecular weight is 461 g/mol. The highest BCUT2D eigenvalue weighted by atomic mass is 16.2. The van der Waals surface area contributed by atoms with Gasteiger partial charge in [-0.25, -0.2) is 4.98 Å². The number of rotatable bonds is 3. The number of carbonyl (C=O) groups excluding carboxylic acids is 1. The molecule has 0 bridgehead atoms. The molecule has 1 amide bonds. The molecule has 5 nitrogen and oxygen atoms in total. The van der Waals surface area contributed by atoms with Crippen molar-refractivity contribution in [3.63, 3.8) is 0 Å². The zero-order chi connectivity index (χ0) is 23.1. The Morgan fingerprint density at radius 1 is 1.06 bits per heavy atom. The van der Waals surface area contributed by atoms with Crippen LogP contribution in [0, 0.1) is 18.8 Å². The lowest BCUT2D eigenvalue weighted by Crippen LogP contribution is -2.55. The van der Waals surface area contributed by atoms with E-state index in [1.807, 2.05) is 0 Å². The summed E-state index contributed by atoms with van der Waals surface area (Å²) in [7, 11) is 0. The van der Waals surface area contributed by atoms with Crippen LogP contribution >= 0.6 is 0 Å². The van der Waals surface area contributed by atoms with E-state index in [0.717, 1.165) is 63.4 Å². The van der Waals surface area contributed by atoms with Gasteiger partial charge in [0.1, 0.15) is 5.82 Å². The van der Waals surface area contributed by atoms with Crippen molar-refractivity contribution in [3.05, 3.63) is 53.6 Å². The third kappa shape index (κ3) is 3.80. The van der Waals surface area contributed by atoms with Gasteiger partial charge in [0.25, 0.3) is 0 Å². The molecule has 2 aromatic rings. The first-order valence-corrected chi connectivity index (χ1v) is 13.8. The quantitative estimate of drug-likeness (QED) is 0.716. The first-order valence-electron chi connectivity index (χ1n) is 13.8. The lowest BCUT2D eigenvalue weighted by Gasteiger charge is -2.47. The monoisotopic (exact) mass is 460 g/mol. The number of amides is 1. The predicted molar refractivity (Wildman–Crippen MR) is 135 cm³/mol. The second-order valence-electron chi connectivity index (χ2n) is 11.5. The topological polar surface area (TPSA) is 50.2 Å². The number of piperidine rings is 1. The molecule has 1 saturated carbocycles. The molecule has 2 saturated heterocycles. The number of hydrogen-bond donors (Lipinski definition) is 1. The van der Waals surface area contributed by atoms with Gasteiger partial charge in [-0.15, -0.1) is 0 Å². The molecule has 1 aliphatic carbocycles. The molecule has 3 aliphatic heterocycles. The maximum Gasteiger partial charge on any atom is 0.228 e. The van der Waals surface area contributed by atoms with Crippen LogP contribution in [0.5, 0.6) is 0 Å². The number of imidazole rings is 1. The molecule has 1 spiro atoms. The Balaban J connectivity index is 1.30. The van der Waals surface area contributed by atoms with Crippen LogP contribution in [0.25, 0.3) is 0 Å². The number of nitrogens with one attached hydrogen (secondary N) is 1. The molecule has 4 atom stereocenters. The maximum atomic E-state index is 14.4. The lowest BCUT2D eigenvalue weighted by molar-refractivity contribution is -0.143. The van der Waals surface area contributed by atoms with Crippen molar-refractivity contribution in [3.8, 4) is 0 Å². The van der Waals surface area contributed by atoms with Gasteiger partial charge in [0, 0.05) is 38.4 Å². The molecule has 4 aliphatic rings. The normalized spacial score (nSPS) is 32.1. The summed E-state index contributed by atoms with van der Waals surface area (Å²) in [6.45, 7) is 5.70. The van der Waals surface area contributed by atoms with E-state index >= 15 is 0 Å². The molecule has 4 heterocycles. The van der Waals surface area contributed by atoms with Gasteiger partial charge in [-0.3, -0.25) is 4.79 Å². The summed E-state index contributed by atoms with van der Waals surface area (Å²) in [5, 5.41) is 3.63. The highest BCUT2D eigenvalue weighted by molar-refractivity contribution is 5.82. The Labute approximate surface area is 204 Å². The summed E-state index contributed by atoms with van der Waals surface area (Å²) >= 11 is 0. The van der Waals surface area contributed by atoms with E-state index < -0.39 is 0 Å². The second-order valence-corrected chi connectivity index (χ2v) is 11.5. The molecule has 0 radical (unpaired) electrons. The van der Waals surface area contributed by atoms with Gasteiger partial charge in [0.05, 0.1) is 17.0 Å². The van der Waals surface area contributed by atoms with Crippen molar-refractivity contribution in [1.82, 2.24) is 19.8 Å².